The number of hydrogen-bond acceptors (Lipinski definition) is 3. The molecular weight excluding hydrogens is 329 g/mol. The molecule has 0 radical (unpaired) electrons. The van der Waals surface area contributed by atoms with E-state index in [1.165, 1.54) is 18.2 Å². The fourth-order valence-electron chi connectivity index (χ4n) is 2.54. The first-order valence-electron chi connectivity index (χ1n) is 7.06. The molecule has 0 aromatic heterocycles. The summed E-state index contributed by atoms with van der Waals surface area (Å²) >= 11 is 0. The van der Waals surface area contributed by atoms with Crippen LogP contribution in [0.1, 0.15) is 22.3 Å². The molecule has 2 rings (SSSR count). The van der Waals surface area contributed by atoms with Crippen LogP contribution in [0.15, 0.2) is 18.2 Å². The lowest BCUT2D eigenvalue weighted by Crippen LogP contribution is -2.36. The normalized spacial score (nSPS) is 17.9. The molecule has 1 fully saturated rings. The Bertz CT molecular complexity index is 688. The van der Waals surface area contributed by atoms with Crippen molar-refractivity contribution in [1.82, 2.24) is 4.90 Å². The van der Waals surface area contributed by atoms with Gasteiger partial charge >= 0.3 is 12.1 Å². The number of halogens is 3. The highest BCUT2D eigenvalue weighted by Gasteiger charge is 2.40. The zero-order chi connectivity index (χ0) is 18.1. The third-order valence-corrected chi connectivity index (χ3v) is 3.68. The third-order valence-electron chi connectivity index (χ3n) is 3.68. The number of carboxylic acids is 1. The first-order valence-corrected chi connectivity index (χ1v) is 7.06. The Morgan fingerprint density at radius 3 is 2.58 bits per heavy atom. The van der Waals surface area contributed by atoms with Crippen LogP contribution in [0.5, 0.6) is 0 Å². The zero-order valence-electron chi connectivity index (χ0n) is 12.7. The summed E-state index contributed by atoms with van der Waals surface area (Å²) in [5, 5.41) is 11.4. The van der Waals surface area contributed by atoms with E-state index in [2.05, 4.69) is 5.32 Å². The Morgan fingerprint density at radius 2 is 2.04 bits per heavy atom. The summed E-state index contributed by atoms with van der Waals surface area (Å²) in [6, 6.07) is 4.16. The van der Waals surface area contributed by atoms with Crippen LogP contribution in [0.4, 0.5) is 18.9 Å². The molecule has 1 aliphatic heterocycles. The van der Waals surface area contributed by atoms with Crippen molar-refractivity contribution < 1.29 is 32.7 Å². The van der Waals surface area contributed by atoms with Crippen molar-refractivity contribution in [3.05, 3.63) is 29.3 Å². The van der Waals surface area contributed by atoms with E-state index in [0.717, 1.165) is 0 Å². The van der Waals surface area contributed by atoms with E-state index in [1.807, 2.05) is 0 Å². The van der Waals surface area contributed by atoms with Gasteiger partial charge in [0.05, 0.1) is 11.5 Å². The molecule has 1 aromatic rings. The molecule has 6 nitrogen and oxygen atoms in total. The molecule has 1 aromatic carbocycles. The fraction of sp³-hybridized carbons (Fsp3) is 0.400. The van der Waals surface area contributed by atoms with Gasteiger partial charge in [0.1, 0.15) is 6.54 Å². The van der Waals surface area contributed by atoms with Gasteiger partial charge in [0.15, 0.2) is 0 Å². The SMILES string of the molecule is Cc1cc(NC(=O)C2CC(=O)N(CC(F)(F)F)C2)ccc1C(=O)O. The van der Waals surface area contributed by atoms with Crippen LogP contribution >= 0.6 is 0 Å². The van der Waals surface area contributed by atoms with Crippen LogP contribution in [-0.4, -0.2) is 47.1 Å². The van der Waals surface area contributed by atoms with Gasteiger partial charge in [-0.15, -0.1) is 0 Å². The molecule has 1 unspecified atom stereocenters. The smallest absolute Gasteiger partial charge is 0.406 e. The number of hydrogen-bond donors (Lipinski definition) is 2. The van der Waals surface area contributed by atoms with Crippen molar-refractivity contribution in [3.63, 3.8) is 0 Å². The zero-order valence-corrected chi connectivity index (χ0v) is 12.7. The van der Waals surface area contributed by atoms with E-state index in [9.17, 15) is 27.6 Å². The number of carbonyl (C=O) groups is 3. The van der Waals surface area contributed by atoms with Gasteiger partial charge in [-0.1, -0.05) is 0 Å². The van der Waals surface area contributed by atoms with E-state index in [1.54, 1.807) is 6.92 Å². The van der Waals surface area contributed by atoms with E-state index in [-0.39, 0.29) is 18.5 Å². The van der Waals surface area contributed by atoms with E-state index in [4.69, 9.17) is 5.11 Å². The number of carboxylic acid groups (broad SMARTS) is 1. The maximum absolute atomic E-state index is 12.4. The molecule has 0 aliphatic carbocycles. The van der Waals surface area contributed by atoms with Gasteiger partial charge in [0, 0.05) is 18.7 Å². The highest BCUT2D eigenvalue weighted by atomic mass is 19.4. The van der Waals surface area contributed by atoms with Crippen molar-refractivity contribution in [2.45, 2.75) is 19.5 Å². The molecular formula is C15H15F3N2O4. The molecule has 0 bridgehead atoms. The van der Waals surface area contributed by atoms with Crippen molar-refractivity contribution in [2.75, 3.05) is 18.4 Å². The van der Waals surface area contributed by atoms with E-state index >= 15 is 0 Å². The fourth-order valence-corrected chi connectivity index (χ4v) is 2.54. The first kappa shape index (κ1) is 17.8. The average molecular weight is 344 g/mol. The van der Waals surface area contributed by atoms with Gasteiger partial charge in [-0.2, -0.15) is 13.2 Å². The average Bonchev–Trinajstić information content (AvgIpc) is 2.78. The standard InChI is InChI=1S/C15H15F3N2O4/c1-8-4-10(2-3-11(8)14(23)24)19-13(22)9-5-12(21)20(6-9)7-15(16,17)18/h2-4,9H,5-7H2,1H3,(H,19,22)(H,23,24). The maximum Gasteiger partial charge on any atom is 0.406 e. The summed E-state index contributed by atoms with van der Waals surface area (Å²) < 4.78 is 37.1. The van der Waals surface area contributed by atoms with Gasteiger partial charge in [0.25, 0.3) is 0 Å². The summed E-state index contributed by atoms with van der Waals surface area (Å²) in [5.74, 6) is -3.27. The Morgan fingerprint density at radius 1 is 1.38 bits per heavy atom. The van der Waals surface area contributed by atoms with Crippen LogP contribution in [0.3, 0.4) is 0 Å². The number of likely N-dealkylation sites (tertiary alicyclic amines) is 1. The molecule has 1 saturated heterocycles. The Balaban J connectivity index is 2.02. The molecule has 24 heavy (non-hydrogen) atoms. The second-order valence-electron chi connectivity index (χ2n) is 5.61. The summed E-state index contributed by atoms with van der Waals surface area (Å²) in [6.07, 6.45) is -4.79. The predicted molar refractivity (Wildman–Crippen MR) is 77.5 cm³/mol. The third kappa shape index (κ3) is 4.24. The number of aromatic carboxylic acids is 1. The molecule has 1 aliphatic rings. The molecule has 1 heterocycles. The molecule has 2 N–H and O–H groups in total. The Labute approximate surface area is 135 Å². The maximum atomic E-state index is 12.4. The Hall–Kier alpha value is -2.58. The Kier molecular flexibility index (Phi) is 4.81. The number of nitrogens with one attached hydrogen (secondary N) is 1. The molecule has 0 saturated carbocycles. The largest absolute Gasteiger partial charge is 0.478 e. The predicted octanol–water partition coefficient (Wildman–Crippen LogP) is 2.04. The van der Waals surface area contributed by atoms with Gasteiger partial charge in [-0.25, -0.2) is 4.79 Å². The minimum absolute atomic E-state index is 0.0837. The highest BCUT2D eigenvalue weighted by Crippen LogP contribution is 2.25. The van der Waals surface area contributed by atoms with Gasteiger partial charge in [0.2, 0.25) is 11.8 Å². The summed E-state index contributed by atoms with van der Waals surface area (Å²) in [5.41, 5.74) is 0.839. The van der Waals surface area contributed by atoms with Gasteiger partial charge < -0.3 is 15.3 Å². The number of aryl methyl sites for hydroxylation is 1. The lowest BCUT2D eigenvalue weighted by Gasteiger charge is -2.18. The van der Waals surface area contributed by atoms with Crippen LogP contribution in [0.25, 0.3) is 0 Å². The van der Waals surface area contributed by atoms with Gasteiger partial charge in [-0.05, 0) is 30.7 Å². The topological polar surface area (TPSA) is 86.7 Å². The lowest BCUT2D eigenvalue weighted by molar-refractivity contribution is -0.157. The molecule has 1 atom stereocenters. The summed E-state index contributed by atoms with van der Waals surface area (Å²) in [4.78, 5) is 35.2. The number of rotatable bonds is 4. The van der Waals surface area contributed by atoms with Crippen LogP contribution in [-0.2, 0) is 9.59 Å². The number of alkyl halides is 3. The number of anilines is 1. The van der Waals surface area contributed by atoms with E-state index < -0.39 is 36.4 Å². The van der Waals surface area contributed by atoms with Crippen LogP contribution in [0.2, 0.25) is 0 Å². The van der Waals surface area contributed by atoms with Crippen molar-refractivity contribution in [3.8, 4) is 0 Å². The second kappa shape index (κ2) is 6.50. The molecule has 130 valence electrons. The highest BCUT2D eigenvalue weighted by molar-refractivity contribution is 5.98. The minimum atomic E-state index is -4.51. The number of nitrogens with zero attached hydrogens (tertiary/aromatic N) is 1. The van der Waals surface area contributed by atoms with Crippen molar-refractivity contribution >= 4 is 23.5 Å². The monoisotopic (exact) mass is 344 g/mol. The second-order valence-corrected chi connectivity index (χ2v) is 5.61. The van der Waals surface area contributed by atoms with Crippen LogP contribution < -0.4 is 5.32 Å². The summed E-state index contributed by atoms with van der Waals surface area (Å²) in [6.45, 7) is -0.109. The lowest BCUT2D eigenvalue weighted by atomic mass is 10.1. The van der Waals surface area contributed by atoms with Crippen LogP contribution in [0, 0.1) is 12.8 Å². The quantitative estimate of drug-likeness (QED) is 0.875. The number of amides is 2. The van der Waals surface area contributed by atoms with Crippen molar-refractivity contribution in [2.24, 2.45) is 5.92 Å². The number of carbonyl (C=O) groups excluding carboxylic acids is 2. The molecule has 9 heteroatoms. The van der Waals surface area contributed by atoms with E-state index in [0.29, 0.717) is 16.2 Å². The van der Waals surface area contributed by atoms with Gasteiger partial charge in [-0.3, -0.25) is 9.59 Å². The minimum Gasteiger partial charge on any atom is -0.478 e. The first-order chi connectivity index (χ1) is 11.1. The number of benzene rings is 1. The molecule has 0 spiro atoms. The molecule has 2 amide bonds. The van der Waals surface area contributed by atoms with Crippen molar-refractivity contribution in [1.29, 1.82) is 0 Å². The summed E-state index contributed by atoms with van der Waals surface area (Å²) in [7, 11) is 0.